The number of ether oxygens (including phenoxy) is 1. The van der Waals surface area contributed by atoms with Crippen LogP contribution in [0.2, 0.25) is 10.0 Å². The van der Waals surface area contributed by atoms with Crippen molar-refractivity contribution >= 4 is 64.4 Å². The monoisotopic (exact) mass is 420 g/mol. The van der Waals surface area contributed by atoms with Gasteiger partial charge in [-0.2, -0.15) is 0 Å². The number of halogens is 2. The summed E-state index contributed by atoms with van der Waals surface area (Å²) in [6, 6.07) is 11.2. The molecule has 2 N–H and O–H groups in total. The Hall–Kier alpha value is -2.74. The molecule has 0 bridgehead atoms. The van der Waals surface area contributed by atoms with Crippen molar-refractivity contribution < 1.29 is 19.1 Å². The van der Waals surface area contributed by atoms with Crippen LogP contribution in [0.15, 0.2) is 48.0 Å². The maximum atomic E-state index is 12.2. The van der Waals surface area contributed by atoms with Crippen LogP contribution in [0.1, 0.15) is 15.9 Å². The lowest BCUT2D eigenvalue weighted by Gasteiger charge is -2.16. The zero-order valence-corrected chi connectivity index (χ0v) is 15.7. The van der Waals surface area contributed by atoms with Gasteiger partial charge in [-0.05, 0) is 48.1 Å². The van der Waals surface area contributed by atoms with Gasteiger partial charge in [0.05, 0.1) is 15.6 Å². The summed E-state index contributed by atoms with van der Waals surface area (Å²) in [7, 11) is 0. The molecular formula is C18H10Cl2N2O4S. The third kappa shape index (κ3) is 4.33. The number of carbonyl (C=O) groups excluding carboxylic acids is 3. The lowest BCUT2D eigenvalue weighted by atomic mass is 10.1. The summed E-state index contributed by atoms with van der Waals surface area (Å²) in [4.78, 5) is 36.0. The smallest absolute Gasteiger partial charge is 0.343 e. The van der Waals surface area contributed by atoms with Crippen molar-refractivity contribution in [3.63, 3.8) is 0 Å². The molecule has 1 heterocycles. The average Bonchev–Trinajstić information content (AvgIpc) is 2.62. The topological polar surface area (TPSA) is 84.5 Å². The van der Waals surface area contributed by atoms with Crippen molar-refractivity contribution in [1.82, 2.24) is 10.6 Å². The normalized spacial score (nSPS) is 13.7. The number of rotatable bonds is 3. The van der Waals surface area contributed by atoms with Crippen LogP contribution in [0.4, 0.5) is 0 Å². The van der Waals surface area contributed by atoms with Crippen molar-refractivity contribution in [3.05, 3.63) is 69.2 Å². The van der Waals surface area contributed by atoms with Crippen molar-refractivity contribution in [3.8, 4) is 5.75 Å². The van der Waals surface area contributed by atoms with Crippen LogP contribution < -0.4 is 15.4 Å². The van der Waals surface area contributed by atoms with Gasteiger partial charge in [-0.15, -0.1) is 0 Å². The highest BCUT2D eigenvalue weighted by atomic mass is 35.5. The molecule has 136 valence electrons. The van der Waals surface area contributed by atoms with Gasteiger partial charge in [-0.3, -0.25) is 20.2 Å². The quantitative estimate of drug-likeness (QED) is 0.262. The van der Waals surface area contributed by atoms with Gasteiger partial charge in [0.25, 0.3) is 11.8 Å². The van der Waals surface area contributed by atoms with Gasteiger partial charge >= 0.3 is 5.97 Å². The fourth-order valence-electron chi connectivity index (χ4n) is 2.26. The highest BCUT2D eigenvalue weighted by molar-refractivity contribution is 7.80. The number of carbonyl (C=O) groups is 3. The number of thiocarbonyl (C=S) groups is 1. The molecule has 2 aromatic carbocycles. The molecule has 27 heavy (non-hydrogen) atoms. The number of hydrogen-bond donors (Lipinski definition) is 2. The summed E-state index contributed by atoms with van der Waals surface area (Å²) < 4.78 is 5.26. The number of esters is 1. The summed E-state index contributed by atoms with van der Waals surface area (Å²) in [6.07, 6.45) is 1.30. The van der Waals surface area contributed by atoms with Gasteiger partial charge in [0, 0.05) is 0 Å². The average molecular weight is 421 g/mol. The van der Waals surface area contributed by atoms with E-state index in [4.69, 9.17) is 40.2 Å². The van der Waals surface area contributed by atoms with E-state index >= 15 is 0 Å². The summed E-state index contributed by atoms with van der Waals surface area (Å²) in [5.74, 6) is -1.93. The Morgan fingerprint density at radius 2 is 1.56 bits per heavy atom. The first-order valence-electron chi connectivity index (χ1n) is 7.50. The Bertz CT molecular complexity index is 961. The van der Waals surface area contributed by atoms with Crippen LogP contribution in [-0.2, 0) is 9.59 Å². The molecule has 0 unspecified atom stereocenters. The third-order valence-electron chi connectivity index (χ3n) is 3.48. The summed E-state index contributed by atoms with van der Waals surface area (Å²) in [5, 5.41) is 4.67. The van der Waals surface area contributed by atoms with Crippen LogP contribution in [0.25, 0.3) is 6.08 Å². The first-order valence-corrected chi connectivity index (χ1v) is 8.66. The van der Waals surface area contributed by atoms with E-state index in [0.29, 0.717) is 11.1 Å². The predicted octanol–water partition coefficient (Wildman–Crippen LogP) is 3.13. The Labute approximate surface area is 169 Å². The molecule has 1 aliphatic rings. The van der Waals surface area contributed by atoms with E-state index in [9.17, 15) is 14.4 Å². The van der Waals surface area contributed by atoms with Crippen molar-refractivity contribution in [2.24, 2.45) is 0 Å². The second-order valence-corrected chi connectivity index (χ2v) is 6.59. The summed E-state index contributed by atoms with van der Waals surface area (Å²) in [6.45, 7) is 0. The first kappa shape index (κ1) is 19.0. The molecule has 9 heteroatoms. The molecule has 0 atom stereocenters. The van der Waals surface area contributed by atoms with E-state index in [0.717, 1.165) is 0 Å². The lowest BCUT2D eigenvalue weighted by molar-refractivity contribution is -0.123. The molecule has 2 aromatic rings. The molecule has 1 fully saturated rings. The summed E-state index contributed by atoms with van der Waals surface area (Å²) >= 11 is 17.1. The van der Waals surface area contributed by atoms with Gasteiger partial charge in [-0.1, -0.05) is 41.4 Å². The van der Waals surface area contributed by atoms with Crippen molar-refractivity contribution in [1.29, 1.82) is 0 Å². The lowest BCUT2D eigenvalue weighted by Crippen LogP contribution is -2.51. The van der Waals surface area contributed by atoms with Crippen molar-refractivity contribution in [2.45, 2.75) is 0 Å². The highest BCUT2D eigenvalue weighted by Crippen LogP contribution is 2.35. The standard InChI is InChI=1S/C18H10Cl2N2O4S/c19-12-7-9(6-11-15(23)21-18(27)22-16(11)24)8-13(20)14(12)26-17(25)10-4-2-1-3-5-10/h1-8H,(H2,21,22,23,24,27). The van der Waals surface area contributed by atoms with Gasteiger partial charge in [0.1, 0.15) is 5.57 Å². The van der Waals surface area contributed by atoms with Crippen LogP contribution >= 0.6 is 35.4 Å². The van der Waals surface area contributed by atoms with E-state index in [2.05, 4.69) is 10.6 Å². The molecule has 3 rings (SSSR count). The Balaban J connectivity index is 1.88. The van der Waals surface area contributed by atoms with E-state index in [1.54, 1.807) is 30.3 Å². The molecule has 1 saturated heterocycles. The van der Waals surface area contributed by atoms with Gasteiger partial charge < -0.3 is 4.74 Å². The molecule has 0 saturated carbocycles. The fraction of sp³-hybridized carbons (Fsp3) is 0. The molecule has 1 aliphatic heterocycles. The zero-order chi connectivity index (χ0) is 19.6. The van der Waals surface area contributed by atoms with Crippen LogP contribution in [0, 0.1) is 0 Å². The second kappa shape index (κ2) is 7.87. The molecule has 0 spiro atoms. The minimum absolute atomic E-state index is 0.0203. The van der Waals surface area contributed by atoms with E-state index in [-0.39, 0.29) is 26.5 Å². The van der Waals surface area contributed by atoms with Crippen LogP contribution in [0.3, 0.4) is 0 Å². The van der Waals surface area contributed by atoms with E-state index in [1.165, 1.54) is 18.2 Å². The fourth-order valence-corrected chi connectivity index (χ4v) is 3.03. The Morgan fingerprint density at radius 3 is 2.11 bits per heavy atom. The largest absolute Gasteiger partial charge is 0.420 e. The predicted molar refractivity (Wildman–Crippen MR) is 105 cm³/mol. The number of hydrogen-bond acceptors (Lipinski definition) is 5. The minimum Gasteiger partial charge on any atom is -0.420 e. The maximum Gasteiger partial charge on any atom is 0.343 e. The zero-order valence-electron chi connectivity index (χ0n) is 13.4. The SMILES string of the molecule is O=C1NC(=S)NC(=O)C1=Cc1cc(Cl)c(OC(=O)c2ccccc2)c(Cl)c1. The molecule has 6 nitrogen and oxygen atoms in total. The van der Waals surface area contributed by atoms with E-state index < -0.39 is 17.8 Å². The first-order chi connectivity index (χ1) is 12.8. The van der Waals surface area contributed by atoms with Crippen molar-refractivity contribution in [2.75, 3.05) is 0 Å². The number of nitrogens with one attached hydrogen (secondary N) is 2. The molecular weight excluding hydrogens is 411 g/mol. The number of amides is 2. The summed E-state index contributed by atoms with van der Waals surface area (Å²) in [5.41, 5.74) is 0.546. The second-order valence-electron chi connectivity index (χ2n) is 5.36. The van der Waals surface area contributed by atoms with E-state index in [1.807, 2.05) is 0 Å². The van der Waals surface area contributed by atoms with Crippen LogP contribution in [-0.4, -0.2) is 22.9 Å². The van der Waals surface area contributed by atoms with Crippen LogP contribution in [0.5, 0.6) is 5.75 Å². The highest BCUT2D eigenvalue weighted by Gasteiger charge is 2.26. The molecule has 0 aliphatic carbocycles. The maximum absolute atomic E-state index is 12.2. The molecule has 0 aromatic heterocycles. The molecule has 2 amide bonds. The Morgan fingerprint density at radius 1 is 1.00 bits per heavy atom. The number of benzene rings is 2. The van der Waals surface area contributed by atoms with Gasteiger partial charge in [0.2, 0.25) is 0 Å². The third-order valence-corrected chi connectivity index (χ3v) is 4.24. The van der Waals surface area contributed by atoms with Gasteiger partial charge in [0.15, 0.2) is 10.9 Å². The minimum atomic E-state index is -0.643. The van der Waals surface area contributed by atoms with Gasteiger partial charge in [-0.25, -0.2) is 4.79 Å². The molecule has 0 radical (unpaired) electrons. The Kier molecular flexibility index (Phi) is 5.55.